The number of nitrogens with zero attached hydrogens (tertiary/aromatic N) is 1. The maximum absolute atomic E-state index is 13.2. The molecule has 3 rings (SSSR count). The molecule has 1 fully saturated rings. The molecule has 1 aromatic heterocycles. The van der Waals surface area contributed by atoms with Crippen LogP contribution in [0.3, 0.4) is 0 Å². The summed E-state index contributed by atoms with van der Waals surface area (Å²) in [6.07, 6.45) is 5.80. The minimum absolute atomic E-state index is 0.0147. The molecule has 1 atom stereocenters. The molecule has 2 heterocycles. The van der Waals surface area contributed by atoms with E-state index in [2.05, 4.69) is 34.6 Å². The number of hydrogen-bond donors (Lipinski definition) is 1. The summed E-state index contributed by atoms with van der Waals surface area (Å²) >= 11 is 0. The third-order valence-corrected chi connectivity index (χ3v) is 5.42. The fraction of sp³-hybridized carbons (Fsp3) is 0.478. The SMILES string of the molecule is CCO[C@H](C)CNC(=O)C1(Cc2cccc(-c3ccncc3)c2)CCOCC1. The number of ether oxygens (including phenoxy) is 2. The van der Waals surface area contributed by atoms with Gasteiger partial charge in [0.1, 0.15) is 0 Å². The molecule has 1 aliphatic heterocycles. The van der Waals surface area contributed by atoms with Crippen molar-refractivity contribution in [1.82, 2.24) is 10.3 Å². The quantitative estimate of drug-likeness (QED) is 0.757. The normalized spacial score (nSPS) is 17.1. The Morgan fingerprint density at radius 1 is 1.21 bits per heavy atom. The lowest BCUT2D eigenvalue weighted by molar-refractivity contribution is -0.137. The second-order valence-electron chi connectivity index (χ2n) is 7.48. The number of amides is 1. The fourth-order valence-corrected chi connectivity index (χ4v) is 3.81. The molecule has 1 aliphatic rings. The highest BCUT2D eigenvalue weighted by Gasteiger charge is 2.40. The predicted octanol–water partition coefficient (Wildman–Crippen LogP) is 3.63. The average molecular weight is 383 g/mol. The predicted molar refractivity (Wildman–Crippen MR) is 110 cm³/mol. The first-order chi connectivity index (χ1) is 13.6. The molecule has 0 radical (unpaired) electrons. The van der Waals surface area contributed by atoms with Gasteiger partial charge in [-0.05, 0) is 61.9 Å². The molecule has 1 N–H and O–H groups in total. The average Bonchev–Trinajstić information content (AvgIpc) is 2.74. The number of aromatic nitrogens is 1. The Morgan fingerprint density at radius 3 is 2.68 bits per heavy atom. The van der Waals surface area contributed by atoms with Crippen molar-refractivity contribution in [2.45, 2.75) is 39.2 Å². The van der Waals surface area contributed by atoms with E-state index in [1.807, 2.05) is 26.0 Å². The Labute approximate surface area is 167 Å². The van der Waals surface area contributed by atoms with E-state index >= 15 is 0 Å². The van der Waals surface area contributed by atoms with Crippen molar-refractivity contribution in [1.29, 1.82) is 0 Å². The summed E-state index contributed by atoms with van der Waals surface area (Å²) in [4.78, 5) is 17.2. The maximum atomic E-state index is 13.2. The lowest BCUT2D eigenvalue weighted by Crippen LogP contribution is -2.47. The Bertz CT molecular complexity index is 757. The number of benzene rings is 1. The third kappa shape index (κ3) is 5.18. The van der Waals surface area contributed by atoms with Crippen LogP contribution in [0.15, 0.2) is 48.8 Å². The van der Waals surface area contributed by atoms with Gasteiger partial charge in [-0.25, -0.2) is 0 Å². The largest absolute Gasteiger partial charge is 0.381 e. The van der Waals surface area contributed by atoms with E-state index in [9.17, 15) is 4.79 Å². The van der Waals surface area contributed by atoms with E-state index in [1.165, 1.54) is 5.56 Å². The molecule has 0 saturated carbocycles. The van der Waals surface area contributed by atoms with Crippen LogP contribution >= 0.6 is 0 Å². The molecule has 2 aromatic rings. The molecule has 1 amide bonds. The van der Waals surface area contributed by atoms with Gasteiger partial charge in [-0.2, -0.15) is 0 Å². The van der Waals surface area contributed by atoms with Gasteiger partial charge in [0.2, 0.25) is 5.91 Å². The van der Waals surface area contributed by atoms with E-state index in [0.29, 0.717) is 32.8 Å². The Balaban J connectivity index is 1.76. The number of carbonyl (C=O) groups is 1. The summed E-state index contributed by atoms with van der Waals surface area (Å²) in [6, 6.07) is 12.5. The first kappa shape index (κ1) is 20.5. The molecule has 0 bridgehead atoms. The summed E-state index contributed by atoms with van der Waals surface area (Å²) in [5.74, 6) is 0.108. The number of nitrogens with one attached hydrogen (secondary N) is 1. The minimum atomic E-state index is -0.430. The summed E-state index contributed by atoms with van der Waals surface area (Å²) in [5.41, 5.74) is 3.02. The Hall–Kier alpha value is -2.24. The van der Waals surface area contributed by atoms with Crippen molar-refractivity contribution in [2.24, 2.45) is 5.41 Å². The van der Waals surface area contributed by atoms with Gasteiger partial charge < -0.3 is 14.8 Å². The molecule has 0 unspecified atom stereocenters. The second kappa shape index (κ2) is 9.80. The van der Waals surface area contributed by atoms with Crippen molar-refractivity contribution < 1.29 is 14.3 Å². The Morgan fingerprint density at radius 2 is 1.96 bits per heavy atom. The molecule has 5 nitrogen and oxygen atoms in total. The highest BCUT2D eigenvalue weighted by Crippen LogP contribution is 2.35. The van der Waals surface area contributed by atoms with E-state index in [4.69, 9.17) is 9.47 Å². The topological polar surface area (TPSA) is 60.5 Å². The van der Waals surface area contributed by atoms with E-state index in [-0.39, 0.29) is 12.0 Å². The van der Waals surface area contributed by atoms with Gasteiger partial charge in [-0.1, -0.05) is 24.3 Å². The molecular formula is C23H30N2O3. The van der Waals surface area contributed by atoms with Gasteiger partial charge in [-0.3, -0.25) is 9.78 Å². The highest BCUT2D eigenvalue weighted by atomic mass is 16.5. The molecule has 28 heavy (non-hydrogen) atoms. The minimum Gasteiger partial charge on any atom is -0.381 e. The zero-order chi connectivity index (χ0) is 19.8. The van der Waals surface area contributed by atoms with Crippen LogP contribution in [-0.4, -0.2) is 43.4 Å². The second-order valence-corrected chi connectivity index (χ2v) is 7.48. The van der Waals surface area contributed by atoms with Gasteiger partial charge >= 0.3 is 0 Å². The maximum Gasteiger partial charge on any atom is 0.226 e. The molecule has 1 saturated heterocycles. The van der Waals surface area contributed by atoms with Crippen molar-refractivity contribution >= 4 is 5.91 Å². The lowest BCUT2D eigenvalue weighted by Gasteiger charge is -2.36. The van der Waals surface area contributed by atoms with Crippen LogP contribution < -0.4 is 5.32 Å². The van der Waals surface area contributed by atoms with Crippen molar-refractivity contribution in [2.75, 3.05) is 26.4 Å². The summed E-state index contributed by atoms with van der Waals surface area (Å²) in [6.45, 7) is 6.38. The number of hydrogen-bond acceptors (Lipinski definition) is 4. The smallest absolute Gasteiger partial charge is 0.226 e. The molecular weight excluding hydrogens is 352 g/mol. The van der Waals surface area contributed by atoms with Crippen LogP contribution in [0.1, 0.15) is 32.3 Å². The fourth-order valence-electron chi connectivity index (χ4n) is 3.81. The lowest BCUT2D eigenvalue weighted by atomic mass is 9.74. The van der Waals surface area contributed by atoms with Gasteiger partial charge in [0, 0.05) is 38.8 Å². The first-order valence-corrected chi connectivity index (χ1v) is 10.1. The molecule has 0 aliphatic carbocycles. The van der Waals surface area contributed by atoms with Crippen LogP contribution in [0, 0.1) is 5.41 Å². The van der Waals surface area contributed by atoms with Gasteiger partial charge in [0.15, 0.2) is 0 Å². The van der Waals surface area contributed by atoms with Crippen molar-refractivity contribution in [3.63, 3.8) is 0 Å². The number of carbonyl (C=O) groups excluding carboxylic acids is 1. The summed E-state index contributed by atoms with van der Waals surface area (Å²) in [5, 5.41) is 3.12. The van der Waals surface area contributed by atoms with Crippen LogP contribution in [0.4, 0.5) is 0 Å². The van der Waals surface area contributed by atoms with E-state index in [1.54, 1.807) is 12.4 Å². The zero-order valence-electron chi connectivity index (χ0n) is 16.8. The summed E-state index contributed by atoms with van der Waals surface area (Å²) < 4.78 is 11.1. The van der Waals surface area contributed by atoms with E-state index < -0.39 is 5.41 Å². The van der Waals surface area contributed by atoms with Crippen LogP contribution in [-0.2, 0) is 20.7 Å². The third-order valence-electron chi connectivity index (χ3n) is 5.42. The highest BCUT2D eigenvalue weighted by molar-refractivity contribution is 5.83. The number of rotatable bonds is 8. The molecule has 150 valence electrons. The Kier molecular flexibility index (Phi) is 7.18. The van der Waals surface area contributed by atoms with Crippen LogP contribution in [0.2, 0.25) is 0 Å². The van der Waals surface area contributed by atoms with Gasteiger partial charge in [0.25, 0.3) is 0 Å². The van der Waals surface area contributed by atoms with E-state index in [0.717, 1.165) is 24.0 Å². The number of pyridine rings is 1. The molecule has 5 heteroatoms. The first-order valence-electron chi connectivity index (χ1n) is 10.1. The van der Waals surface area contributed by atoms with Crippen LogP contribution in [0.25, 0.3) is 11.1 Å². The monoisotopic (exact) mass is 382 g/mol. The van der Waals surface area contributed by atoms with Crippen LogP contribution in [0.5, 0.6) is 0 Å². The van der Waals surface area contributed by atoms with Gasteiger partial charge in [0.05, 0.1) is 11.5 Å². The van der Waals surface area contributed by atoms with Crippen molar-refractivity contribution in [3.05, 3.63) is 54.4 Å². The van der Waals surface area contributed by atoms with Gasteiger partial charge in [-0.15, -0.1) is 0 Å². The molecule has 0 spiro atoms. The molecule has 1 aromatic carbocycles. The zero-order valence-corrected chi connectivity index (χ0v) is 16.8. The standard InChI is InChI=1S/C23H30N2O3/c1-3-28-18(2)17-25-22(26)23(9-13-27-14-10-23)16-19-5-4-6-21(15-19)20-7-11-24-12-8-20/h4-8,11-12,15,18H,3,9-10,13-14,16-17H2,1-2H3,(H,25,26)/t18-/m1/s1. The van der Waals surface area contributed by atoms with Crippen molar-refractivity contribution in [3.8, 4) is 11.1 Å². The summed E-state index contributed by atoms with van der Waals surface area (Å²) in [7, 11) is 0.